The summed E-state index contributed by atoms with van der Waals surface area (Å²) in [6.45, 7) is 5.07. The Bertz CT molecular complexity index is 1220. The maximum atomic E-state index is 12.5. The summed E-state index contributed by atoms with van der Waals surface area (Å²) in [6.07, 6.45) is 9.92. The number of rotatable bonds is 7. The number of nitrogens with zero attached hydrogens (tertiary/aromatic N) is 6. The number of carbonyl (C=O) groups excluding carboxylic acids is 2. The molecule has 1 saturated carbocycles. The molecule has 0 bridgehead atoms. The van der Waals surface area contributed by atoms with Crippen LogP contribution >= 0.6 is 0 Å². The molecule has 1 aliphatic carbocycles. The summed E-state index contributed by atoms with van der Waals surface area (Å²) >= 11 is 0. The van der Waals surface area contributed by atoms with E-state index >= 15 is 0 Å². The smallest absolute Gasteiger partial charge is 0.159 e. The van der Waals surface area contributed by atoms with Crippen LogP contribution in [0.2, 0.25) is 0 Å². The number of hydrogen-bond donors (Lipinski definition) is 1. The van der Waals surface area contributed by atoms with Crippen molar-refractivity contribution < 1.29 is 9.59 Å². The predicted molar refractivity (Wildman–Crippen MR) is 121 cm³/mol. The number of aldehydes is 1. The van der Waals surface area contributed by atoms with Crippen LogP contribution in [-0.2, 0) is 15.1 Å². The highest BCUT2D eigenvalue weighted by molar-refractivity contribution is 5.98. The fourth-order valence-corrected chi connectivity index (χ4v) is 5.77. The lowest BCUT2D eigenvalue weighted by molar-refractivity contribution is -0.131. The van der Waals surface area contributed by atoms with Gasteiger partial charge in [0.1, 0.15) is 24.3 Å². The highest BCUT2D eigenvalue weighted by atomic mass is 16.1. The summed E-state index contributed by atoms with van der Waals surface area (Å²) in [5.41, 5.74) is 2.08. The van der Waals surface area contributed by atoms with E-state index in [1.165, 1.54) is 6.33 Å². The molecule has 0 amide bonds. The Morgan fingerprint density at radius 2 is 2.09 bits per heavy atom. The van der Waals surface area contributed by atoms with Gasteiger partial charge >= 0.3 is 0 Å². The number of carbonyl (C=O) groups is 2. The van der Waals surface area contributed by atoms with Gasteiger partial charge < -0.3 is 9.78 Å². The maximum Gasteiger partial charge on any atom is 0.159 e. The van der Waals surface area contributed by atoms with E-state index in [0.717, 1.165) is 41.4 Å². The molecule has 2 aliphatic rings. The zero-order chi connectivity index (χ0) is 23.2. The molecule has 1 saturated heterocycles. The Kier molecular flexibility index (Phi) is 5.33. The number of ketones is 1. The number of hydrogen-bond acceptors (Lipinski definition) is 7. The van der Waals surface area contributed by atoms with Gasteiger partial charge in [0.05, 0.1) is 29.9 Å². The van der Waals surface area contributed by atoms with Crippen LogP contribution < -0.4 is 0 Å². The molecular weight excluding hydrogens is 418 g/mol. The van der Waals surface area contributed by atoms with Gasteiger partial charge in [-0.15, -0.1) is 0 Å². The zero-order valence-corrected chi connectivity index (χ0v) is 18.8. The molecule has 0 radical (unpaired) electrons. The van der Waals surface area contributed by atoms with Crippen molar-refractivity contribution in [3.05, 3.63) is 31.0 Å². The van der Waals surface area contributed by atoms with E-state index in [9.17, 15) is 14.9 Å². The van der Waals surface area contributed by atoms with E-state index in [1.807, 2.05) is 41.9 Å². The van der Waals surface area contributed by atoms with E-state index in [-0.39, 0.29) is 11.7 Å². The SMILES string of the molecule is CC(C)C(=O)C(C=O)N1C[C@@H]2C[C@](CC#N)(n3cc(-c4ncnc5[nH]ccc45)cn3)C[C@@H]2C1. The molecule has 4 atom stereocenters. The van der Waals surface area contributed by atoms with Crippen molar-refractivity contribution in [3.8, 4) is 17.3 Å². The predicted octanol–water partition coefficient (Wildman–Crippen LogP) is 2.56. The van der Waals surface area contributed by atoms with Crippen molar-refractivity contribution in [3.63, 3.8) is 0 Å². The summed E-state index contributed by atoms with van der Waals surface area (Å²) in [5.74, 6) is 0.452. The molecule has 5 rings (SSSR count). The zero-order valence-electron chi connectivity index (χ0n) is 18.8. The summed E-state index contributed by atoms with van der Waals surface area (Å²) in [7, 11) is 0. The number of fused-ring (bicyclic) bond motifs is 2. The number of likely N-dealkylation sites (tertiary alicyclic amines) is 1. The van der Waals surface area contributed by atoms with Gasteiger partial charge in [0, 0.05) is 42.4 Å². The first-order valence-electron chi connectivity index (χ1n) is 11.4. The van der Waals surface area contributed by atoms with Crippen LogP contribution in [-0.4, -0.2) is 60.8 Å². The third kappa shape index (κ3) is 3.55. The fraction of sp³-hybridized carbons (Fsp3) is 0.500. The van der Waals surface area contributed by atoms with Crippen molar-refractivity contribution in [1.82, 2.24) is 29.6 Å². The number of aromatic amines is 1. The number of Topliss-reactive ketones (excluding diaryl/α,β-unsaturated/α-hetero) is 1. The van der Waals surface area contributed by atoms with Crippen molar-refractivity contribution in [2.45, 2.75) is 44.7 Å². The van der Waals surface area contributed by atoms with Crippen LogP contribution in [0.1, 0.15) is 33.1 Å². The molecule has 3 aromatic rings. The second-order valence-electron chi connectivity index (χ2n) is 9.72. The van der Waals surface area contributed by atoms with Crippen molar-refractivity contribution in [2.24, 2.45) is 17.8 Å². The highest BCUT2D eigenvalue weighted by Gasteiger charge is 2.52. The molecule has 2 fully saturated rings. The molecule has 9 nitrogen and oxygen atoms in total. The normalized spacial score (nSPS) is 25.9. The molecule has 170 valence electrons. The van der Waals surface area contributed by atoms with Gasteiger partial charge in [0.15, 0.2) is 5.78 Å². The van der Waals surface area contributed by atoms with Crippen LogP contribution in [0.5, 0.6) is 0 Å². The van der Waals surface area contributed by atoms with E-state index in [2.05, 4.69) is 26.1 Å². The fourth-order valence-electron chi connectivity index (χ4n) is 5.77. The minimum atomic E-state index is -0.668. The Morgan fingerprint density at radius 1 is 1.33 bits per heavy atom. The third-order valence-corrected chi connectivity index (χ3v) is 7.38. The van der Waals surface area contributed by atoms with Gasteiger partial charge in [-0.25, -0.2) is 9.97 Å². The van der Waals surface area contributed by atoms with Crippen LogP contribution in [0.3, 0.4) is 0 Å². The quantitative estimate of drug-likeness (QED) is 0.438. The first-order valence-corrected chi connectivity index (χ1v) is 11.4. The van der Waals surface area contributed by atoms with Crippen molar-refractivity contribution in [1.29, 1.82) is 5.26 Å². The molecule has 0 spiro atoms. The highest BCUT2D eigenvalue weighted by Crippen LogP contribution is 2.50. The molecule has 33 heavy (non-hydrogen) atoms. The van der Waals surface area contributed by atoms with Gasteiger partial charge in [0.2, 0.25) is 0 Å². The summed E-state index contributed by atoms with van der Waals surface area (Å²) in [5, 5.41) is 15.3. The van der Waals surface area contributed by atoms with E-state index in [0.29, 0.717) is 31.3 Å². The molecule has 9 heteroatoms. The first-order chi connectivity index (χ1) is 16.0. The summed E-state index contributed by atoms with van der Waals surface area (Å²) < 4.78 is 1.95. The second kappa shape index (κ2) is 8.19. The Morgan fingerprint density at radius 3 is 2.76 bits per heavy atom. The van der Waals surface area contributed by atoms with Gasteiger partial charge in [0.25, 0.3) is 0 Å². The lowest BCUT2D eigenvalue weighted by atomic mass is 9.91. The van der Waals surface area contributed by atoms with Crippen molar-refractivity contribution in [2.75, 3.05) is 13.1 Å². The lowest BCUT2D eigenvalue weighted by Crippen LogP contribution is -2.44. The molecule has 0 aromatic carbocycles. The minimum absolute atomic E-state index is 0.0223. The standard InChI is InChI=1S/C24H27N7O2/c1-15(2)22(33)20(13-32)30-10-16-7-24(4-5-25,8-17(16)11-30)31-12-18(9-29-31)21-19-3-6-26-23(19)28-14-27-21/h3,6,9,12-17,20H,4,7-8,10-11H2,1-2H3,(H,26,27,28)/t16-,17+,20?,24-. The molecule has 1 unspecified atom stereocenters. The van der Waals surface area contributed by atoms with E-state index in [1.54, 1.807) is 6.20 Å². The largest absolute Gasteiger partial charge is 0.346 e. The third-order valence-electron chi connectivity index (χ3n) is 7.38. The second-order valence-corrected chi connectivity index (χ2v) is 9.72. The number of nitriles is 1. The molecular formula is C24H27N7O2. The molecule has 4 heterocycles. The maximum absolute atomic E-state index is 12.5. The Hall–Kier alpha value is -3.38. The number of nitrogens with one attached hydrogen (secondary N) is 1. The monoisotopic (exact) mass is 445 g/mol. The number of aromatic nitrogens is 5. The van der Waals surface area contributed by atoms with Gasteiger partial charge in [-0.2, -0.15) is 10.4 Å². The average Bonchev–Trinajstić information content (AvgIpc) is 3.57. The summed E-state index contributed by atoms with van der Waals surface area (Å²) in [6, 6.07) is 3.66. The average molecular weight is 446 g/mol. The van der Waals surface area contributed by atoms with Crippen LogP contribution in [0.4, 0.5) is 0 Å². The topological polar surface area (TPSA) is 121 Å². The van der Waals surface area contributed by atoms with Crippen molar-refractivity contribution >= 4 is 23.1 Å². The van der Waals surface area contributed by atoms with Gasteiger partial charge in [-0.05, 0) is 30.7 Å². The van der Waals surface area contributed by atoms with E-state index < -0.39 is 11.6 Å². The Labute approximate surface area is 191 Å². The van der Waals surface area contributed by atoms with Crippen LogP contribution in [0.25, 0.3) is 22.3 Å². The molecule has 1 aliphatic heterocycles. The first kappa shape index (κ1) is 21.5. The Balaban J connectivity index is 1.39. The summed E-state index contributed by atoms with van der Waals surface area (Å²) in [4.78, 5) is 38.0. The van der Waals surface area contributed by atoms with Crippen LogP contribution in [0, 0.1) is 29.1 Å². The number of H-pyrrole nitrogens is 1. The van der Waals surface area contributed by atoms with E-state index in [4.69, 9.17) is 0 Å². The van der Waals surface area contributed by atoms with Gasteiger partial charge in [-0.3, -0.25) is 14.4 Å². The van der Waals surface area contributed by atoms with Crippen LogP contribution in [0.15, 0.2) is 31.0 Å². The minimum Gasteiger partial charge on any atom is -0.346 e. The lowest BCUT2D eigenvalue weighted by Gasteiger charge is -2.31. The molecule has 3 aromatic heterocycles. The molecule has 1 N–H and O–H groups in total. The van der Waals surface area contributed by atoms with Gasteiger partial charge in [-0.1, -0.05) is 13.8 Å².